The molecule has 1 aliphatic rings. The summed E-state index contributed by atoms with van der Waals surface area (Å²) in [5.74, 6) is -1.54. The summed E-state index contributed by atoms with van der Waals surface area (Å²) < 4.78 is 7.91. The Morgan fingerprint density at radius 3 is 2.32 bits per heavy atom. The topological polar surface area (TPSA) is 126 Å². The third-order valence-electron chi connectivity index (χ3n) is 2.35. The van der Waals surface area contributed by atoms with Crippen LogP contribution in [0.4, 0.5) is 0 Å². The lowest BCUT2D eigenvalue weighted by Gasteiger charge is -2.37. The third kappa shape index (κ3) is 4.38. The molecule has 1 saturated heterocycles. The van der Waals surface area contributed by atoms with Gasteiger partial charge in [0.05, 0.1) is 6.61 Å². The number of nitrogens with zero attached hydrogens (tertiary/aromatic N) is 1. The molecular weight excluding hydrogens is 328 g/mol. The number of hydrogen-bond donors (Lipinski definition) is 3. The highest BCUT2D eigenvalue weighted by atomic mass is 35.6. The van der Waals surface area contributed by atoms with Gasteiger partial charge in [0.15, 0.2) is 18.4 Å². The van der Waals surface area contributed by atoms with Gasteiger partial charge in [-0.3, -0.25) is 0 Å². The molecule has 1 rings (SSSR count). The lowest BCUT2D eigenvalue weighted by molar-refractivity contribution is -0.259. The first-order valence-electron chi connectivity index (χ1n) is 4.92. The van der Waals surface area contributed by atoms with Gasteiger partial charge in [-0.25, -0.2) is 4.79 Å². The van der Waals surface area contributed by atoms with E-state index < -0.39 is 47.0 Å². The van der Waals surface area contributed by atoms with Crippen molar-refractivity contribution in [2.75, 3.05) is 6.61 Å². The van der Waals surface area contributed by atoms with Crippen molar-refractivity contribution in [1.29, 1.82) is 0 Å². The Kier molecular flexibility index (Phi) is 5.75. The van der Waals surface area contributed by atoms with Gasteiger partial charge < -0.3 is 24.8 Å². The Bertz CT molecular complexity index is 350. The molecule has 5 atom stereocenters. The van der Waals surface area contributed by atoms with E-state index in [0.29, 0.717) is 0 Å². The average molecular weight is 339 g/mol. The molecule has 0 aromatic carbocycles. The molecular formula is C8H10Cl3NO7. The van der Waals surface area contributed by atoms with Gasteiger partial charge in [0.25, 0.3) is 0 Å². The zero-order valence-electron chi connectivity index (χ0n) is 9.15. The largest absolute Gasteiger partial charge is 0.479 e. The normalized spacial score (nSPS) is 35.9. The van der Waals surface area contributed by atoms with Crippen molar-refractivity contribution in [3.05, 3.63) is 4.91 Å². The summed E-state index contributed by atoms with van der Waals surface area (Å²) in [6, 6.07) is -1.54. The van der Waals surface area contributed by atoms with E-state index in [-0.39, 0.29) is 0 Å². The highest BCUT2D eigenvalue weighted by Gasteiger charge is 2.49. The minimum Gasteiger partial charge on any atom is -0.479 e. The van der Waals surface area contributed by atoms with Crippen molar-refractivity contribution in [3.8, 4) is 0 Å². The van der Waals surface area contributed by atoms with Gasteiger partial charge >= 0.3 is 5.97 Å². The SMILES string of the molecule is O=NC1C(O)[C@H](O)C(C(=O)O)O[C@H]1OCC(Cl)(Cl)Cl. The average Bonchev–Trinajstić information content (AvgIpc) is 2.29. The molecule has 0 aromatic rings. The molecule has 8 nitrogen and oxygen atoms in total. The maximum Gasteiger partial charge on any atom is 0.335 e. The van der Waals surface area contributed by atoms with Crippen molar-refractivity contribution in [2.45, 2.75) is 34.4 Å². The van der Waals surface area contributed by atoms with Crippen molar-refractivity contribution in [2.24, 2.45) is 5.18 Å². The van der Waals surface area contributed by atoms with Crippen LogP contribution in [0.5, 0.6) is 0 Å². The Balaban J connectivity index is 2.81. The maximum atomic E-state index is 10.8. The fourth-order valence-corrected chi connectivity index (χ4v) is 1.67. The first-order valence-corrected chi connectivity index (χ1v) is 6.06. The predicted octanol–water partition coefficient (Wildman–Crippen LogP) is 0.0395. The first-order chi connectivity index (χ1) is 8.67. The summed E-state index contributed by atoms with van der Waals surface area (Å²) in [6.45, 7) is -0.524. The molecule has 0 radical (unpaired) electrons. The van der Waals surface area contributed by atoms with Crippen LogP contribution in [-0.4, -0.2) is 62.3 Å². The number of carboxylic acids is 1. The summed E-state index contributed by atoms with van der Waals surface area (Å²) in [5, 5.41) is 30.4. The standard InChI is InChI=1S/C8H10Cl3NO7/c9-8(10,11)1-18-7-2(12-17)3(13)4(14)5(19-7)6(15)16/h2-5,7,13-14H,1H2,(H,15,16)/t2?,3?,4-,5?,7+/m0/s1. The number of carboxylic acid groups (broad SMARTS) is 1. The number of halogens is 3. The van der Waals surface area contributed by atoms with E-state index >= 15 is 0 Å². The summed E-state index contributed by atoms with van der Waals surface area (Å²) in [7, 11) is 0. The number of nitroso groups, excluding NO2 is 1. The van der Waals surface area contributed by atoms with Crippen molar-refractivity contribution >= 4 is 40.8 Å². The molecule has 0 bridgehead atoms. The molecule has 3 unspecified atom stereocenters. The fourth-order valence-electron chi connectivity index (χ4n) is 1.48. The second-order valence-electron chi connectivity index (χ2n) is 3.77. The fraction of sp³-hybridized carbons (Fsp3) is 0.875. The van der Waals surface area contributed by atoms with E-state index in [1.165, 1.54) is 0 Å². The van der Waals surface area contributed by atoms with Crippen molar-refractivity contribution in [3.63, 3.8) is 0 Å². The van der Waals surface area contributed by atoms with Gasteiger partial charge in [-0.1, -0.05) is 40.0 Å². The number of aliphatic hydroxyl groups is 2. The van der Waals surface area contributed by atoms with Crippen LogP contribution in [0, 0.1) is 4.91 Å². The van der Waals surface area contributed by atoms with Crippen LogP contribution in [0.3, 0.4) is 0 Å². The van der Waals surface area contributed by atoms with Gasteiger partial charge in [-0.15, -0.1) is 0 Å². The molecule has 0 aliphatic carbocycles. The van der Waals surface area contributed by atoms with E-state index in [4.69, 9.17) is 49.4 Å². The summed E-state index contributed by atoms with van der Waals surface area (Å²) in [6.07, 6.45) is -6.93. The third-order valence-corrected chi connectivity index (χ3v) is 2.67. The maximum absolute atomic E-state index is 10.8. The van der Waals surface area contributed by atoms with Gasteiger partial charge in [0.2, 0.25) is 3.79 Å². The quantitative estimate of drug-likeness (QED) is 0.488. The Hall–Kier alpha value is -0.220. The number of ether oxygens (including phenoxy) is 2. The Labute approximate surface area is 122 Å². The number of aliphatic carboxylic acids is 1. The molecule has 0 amide bonds. The van der Waals surface area contributed by atoms with Gasteiger partial charge in [-0.2, -0.15) is 4.91 Å². The van der Waals surface area contributed by atoms with Crippen molar-refractivity contribution < 1.29 is 29.6 Å². The molecule has 1 aliphatic heterocycles. The highest BCUT2D eigenvalue weighted by molar-refractivity contribution is 6.67. The lowest BCUT2D eigenvalue weighted by atomic mass is 9.97. The van der Waals surface area contributed by atoms with Gasteiger partial charge in [-0.05, 0) is 0 Å². The Morgan fingerprint density at radius 1 is 1.32 bits per heavy atom. The second-order valence-corrected chi connectivity index (χ2v) is 6.28. The van der Waals surface area contributed by atoms with Crippen LogP contribution < -0.4 is 0 Å². The number of hydrogen-bond acceptors (Lipinski definition) is 7. The van der Waals surface area contributed by atoms with Gasteiger partial charge in [0.1, 0.15) is 12.2 Å². The van der Waals surface area contributed by atoms with Crippen LogP contribution in [-0.2, 0) is 14.3 Å². The zero-order valence-corrected chi connectivity index (χ0v) is 11.4. The molecule has 0 saturated carbocycles. The highest BCUT2D eigenvalue weighted by Crippen LogP contribution is 2.30. The van der Waals surface area contributed by atoms with Crippen LogP contribution in [0.25, 0.3) is 0 Å². The lowest BCUT2D eigenvalue weighted by Crippen LogP contribution is -2.59. The van der Waals surface area contributed by atoms with E-state index in [1.54, 1.807) is 0 Å². The summed E-state index contributed by atoms with van der Waals surface area (Å²) in [5.41, 5.74) is 0. The van der Waals surface area contributed by atoms with Crippen molar-refractivity contribution in [1.82, 2.24) is 0 Å². The molecule has 19 heavy (non-hydrogen) atoms. The second kappa shape index (κ2) is 6.49. The van der Waals surface area contributed by atoms with Crippen LogP contribution >= 0.6 is 34.8 Å². The monoisotopic (exact) mass is 337 g/mol. The van der Waals surface area contributed by atoms with E-state index in [0.717, 1.165) is 0 Å². The van der Waals surface area contributed by atoms with E-state index in [9.17, 15) is 19.9 Å². The summed E-state index contributed by atoms with van der Waals surface area (Å²) >= 11 is 16.3. The minimum atomic E-state index is -1.83. The summed E-state index contributed by atoms with van der Waals surface area (Å²) in [4.78, 5) is 21.4. The number of alkyl halides is 3. The van der Waals surface area contributed by atoms with E-state index in [1.807, 2.05) is 0 Å². The number of carbonyl (C=O) groups is 1. The van der Waals surface area contributed by atoms with Gasteiger partial charge in [0, 0.05) is 0 Å². The molecule has 1 heterocycles. The van der Waals surface area contributed by atoms with Crippen LogP contribution in [0.1, 0.15) is 0 Å². The number of aliphatic hydroxyl groups excluding tert-OH is 2. The molecule has 1 fully saturated rings. The minimum absolute atomic E-state index is 0.524. The molecule has 0 spiro atoms. The molecule has 11 heteroatoms. The zero-order chi connectivity index (χ0) is 14.8. The van der Waals surface area contributed by atoms with Crippen LogP contribution in [0.2, 0.25) is 0 Å². The number of rotatable bonds is 4. The molecule has 110 valence electrons. The molecule has 3 N–H and O–H groups in total. The predicted molar refractivity (Wildman–Crippen MR) is 64.1 cm³/mol. The first kappa shape index (κ1) is 16.8. The molecule has 0 aromatic heterocycles. The Morgan fingerprint density at radius 2 is 1.89 bits per heavy atom. The van der Waals surface area contributed by atoms with E-state index in [2.05, 4.69) is 5.18 Å². The smallest absolute Gasteiger partial charge is 0.335 e. The van der Waals surface area contributed by atoms with Crippen LogP contribution in [0.15, 0.2) is 5.18 Å².